The van der Waals surface area contributed by atoms with E-state index >= 15 is 0 Å². The van der Waals surface area contributed by atoms with Crippen LogP contribution in [-0.4, -0.2) is 24.8 Å². The Labute approximate surface area is 98.3 Å². The van der Waals surface area contributed by atoms with E-state index < -0.39 is 5.60 Å². The van der Waals surface area contributed by atoms with Crippen molar-refractivity contribution in [1.82, 2.24) is 0 Å². The second-order valence-electron chi connectivity index (χ2n) is 3.17. The number of rotatable bonds is 4. The van der Waals surface area contributed by atoms with E-state index in [2.05, 4.69) is 15.9 Å². The summed E-state index contributed by atoms with van der Waals surface area (Å²) in [6, 6.07) is 0. The number of hydrogen-bond acceptors (Lipinski definition) is 3. The summed E-state index contributed by atoms with van der Waals surface area (Å²) < 4.78 is 11.5. The summed E-state index contributed by atoms with van der Waals surface area (Å²) in [4.78, 5) is 11.8. The first-order valence-electron chi connectivity index (χ1n) is 5.00. The monoisotopic (exact) mass is 274 g/mol. The van der Waals surface area contributed by atoms with Gasteiger partial charge in [0, 0.05) is 17.5 Å². The average Bonchev–Trinajstić information content (AvgIpc) is 2.22. The van der Waals surface area contributed by atoms with Crippen molar-refractivity contribution < 1.29 is 14.3 Å². The van der Waals surface area contributed by atoms with Crippen molar-refractivity contribution in [3.05, 3.63) is 22.7 Å². The van der Waals surface area contributed by atoms with Gasteiger partial charge in [-0.3, -0.25) is 0 Å². The molecule has 1 aliphatic carbocycles. The second-order valence-corrected chi connectivity index (χ2v) is 4.09. The Hall–Kier alpha value is -0.610. The van der Waals surface area contributed by atoms with Gasteiger partial charge in [-0.15, -0.1) is 0 Å². The minimum atomic E-state index is -0.929. The third-order valence-electron chi connectivity index (χ3n) is 2.13. The van der Waals surface area contributed by atoms with E-state index in [9.17, 15) is 4.79 Å². The molecule has 0 fully saturated rings. The van der Waals surface area contributed by atoms with Crippen molar-refractivity contribution in [2.24, 2.45) is 0 Å². The lowest BCUT2D eigenvalue weighted by molar-refractivity contribution is -0.165. The van der Waals surface area contributed by atoms with Crippen LogP contribution >= 0.6 is 15.9 Å². The minimum Gasteiger partial charge on any atom is -0.464 e. The molecule has 0 N–H and O–H groups in total. The Balaban J connectivity index is 2.81. The predicted molar refractivity (Wildman–Crippen MR) is 61.8 cm³/mol. The van der Waals surface area contributed by atoms with Crippen LogP contribution in [0.5, 0.6) is 0 Å². The molecule has 0 aromatic heterocycles. The SMILES string of the molecule is CCOC(=O)C1(OCC)C=CC(Br)=CC1. The molecular weight excluding hydrogens is 260 g/mol. The molecule has 0 spiro atoms. The molecule has 0 aromatic carbocycles. The molecule has 0 aliphatic heterocycles. The first-order chi connectivity index (χ1) is 7.14. The van der Waals surface area contributed by atoms with Crippen LogP contribution in [-0.2, 0) is 14.3 Å². The second kappa shape index (κ2) is 5.47. The lowest BCUT2D eigenvalue weighted by Crippen LogP contribution is -2.41. The highest BCUT2D eigenvalue weighted by atomic mass is 79.9. The smallest absolute Gasteiger partial charge is 0.342 e. The minimum absolute atomic E-state index is 0.320. The number of carbonyl (C=O) groups excluding carboxylic acids is 1. The number of hydrogen-bond donors (Lipinski definition) is 0. The molecule has 84 valence electrons. The third kappa shape index (κ3) is 2.92. The van der Waals surface area contributed by atoms with Gasteiger partial charge < -0.3 is 9.47 Å². The zero-order valence-electron chi connectivity index (χ0n) is 8.96. The van der Waals surface area contributed by atoms with E-state index in [1.807, 2.05) is 19.1 Å². The Morgan fingerprint density at radius 2 is 2.27 bits per heavy atom. The fourth-order valence-electron chi connectivity index (χ4n) is 1.43. The molecule has 0 radical (unpaired) electrons. The van der Waals surface area contributed by atoms with Crippen LogP contribution in [0.3, 0.4) is 0 Å². The Morgan fingerprint density at radius 3 is 2.73 bits per heavy atom. The zero-order valence-corrected chi connectivity index (χ0v) is 10.5. The molecule has 0 saturated heterocycles. The van der Waals surface area contributed by atoms with Crippen LogP contribution in [0.25, 0.3) is 0 Å². The van der Waals surface area contributed by atoms with E-state index in [-0.39, 0.29) is 5.97 Å². The highest BCUT2D eigenvalue weighted by Crippen LogP contribution is 2.28. The molecule has 1 rings (SSSR count). The van der Waals surface area contributed by atoms with E-state index in [0.717, 1.165) is 4.48 Å². The summed E-state index contributed by atoms with van der Waals surface area (Å²) >= 11 is 3.35. The van der Waals surface area contributed by atoms with Gasteiger partial charge in [0.05, 0.1) is 6.61 Å². The molecule has 1 atom stereocenters. The Kier molecular flexibility index (Phi) is 4.54. The number of carbonyl (C=O) groups is 1. The highest BCUT2D eigenvalue weighted by Gasteiger charge is 2.38. The number of allylic oxidation sites excluding steroid dienone is 2. The summed E-state index contributed by atoms with van der Waals surface area (Å²) in [6.45, 7) is 4.50. The van der Waals surface area contributed by atoms with E-state index in [1.165, 1.54) is 0 Å². The van der Waals surface area contributed by atoms with Crippen LogP contribution in [0.15, 0.2) is 22.7 Å². The van der Waals surface area contributed by atoms with Gasteiger partial charge >= 0.3 is 5.97 Å². The Bertz CT molecular complexity index is 296. The summed E-state index contributed by atoms with van der Waals surface area (Å²) in [5.74, 6) is -0.320. The van der Waals surface area contributed by atoms with Crippen LogP contribution in [0.1, 0.15) is 20.3 Å². The maximum atomic E-state index is 11.8. The van der Waals surface area contributed by atoms with Crippen molar-refractivity contribution >= 4 is 21.9 Å². The highest BCUT2D eigenvalue weighted by molar-refractivity contribution is 9.11. The van der Waals surface area contributed by atoms with Gasteiger partial charge in [-0.1, -0.05) is 22.0 Å². The molecule has 1 aliphatic rings. The fraction of sp³-hybridized carbons (Fsp3) is 0.545. The van der Waals surface area contributed by atoms with Gasteiger partial charge in [-0.2, -0.15) is 0 Å². The van der Waals surface area contributed by atoms with E-state index in [0.29, 0.717) is 19.6 Å². The molecular formula is C11H15BrO3. The topological polar surface area (TPSA) is 35.5 Å². The van der Waals surface area contributed by atoms with Crippen molar-refractivity contribution in [3.63, 3.8) is 0 Å². The predicted octanol–water partition coefficient (Wildman–Crippen LogP) is 2.56. The first kappa shape index (κ1) is 12.5. The quantitative estimate of drug-likeness (QED) is 0.740. The summed E-state index contributed by atoms with van der Waals surface area (Å²) in [5, 5.41) is 0. The first-order valence-corrected chi connectivity index (χ1v) is 5.80. The number of esters is 1. The maximum absolute atomic E-state index is 11.8. The van der Waals surface area contributed by atoms with Gasteiger partial charge in [0.25, 0.3) is 0 Å². The average molecular weight is 275 g/mol. The third-order valence-corrected chi connectivity index (χ3v) is 2.72. The standard InChI is InChI=1S/C11H15BrO3/c1-3-14-10(13)11(15-4-2)7-5-9(12)6-8-11/h5-7H,3-4,8H2,1-2H3. The van der Waals surface area contributed by atoms with Crippen molar-refractivity contribution in [2.45, 2.75) is 25.9 Å². The lowest BCUT2D eigenvalue weighted by atomic mass is 9.95. The molecule has 0 amide bonds. The molecule has 3 nitrogen and oxygen atoms in total. The van der Waals surface area contributed by atoms with Gasteiger partial charge in [-0.25, -0.2) is 4.79 Å². The lowest BCUT2D eigenvalue weighted by Gasteiger charge is -2.28. The normalized spacial score (nSPS) is 24.9. The van der Waals surface area contributed by atoms with E-state index in [1.54, 1.807) is 13.0 Å². The summed E-state index contributed by atoms with van der Waals surface area (Å²) in [6.07, 6.45) is 5.98. The molecule has 4 heteroatoms. The van der Waals surface area contributed by atoms with Crippen LogP contribution < -0.4 is 0 Å². The van der Waals surface area contributed by atoms with Crippen LogP contribution in [0.2, 0.25) is 0 Å². The van der Waals surface area contributed by atoms with Crippen molar-refractivity contribution in [2.75, 3.05) is 13.2 Å². The van der Waals surface area contributed by atoms with Crippen LogP contribution in [0.4, 0.5) is 0 Å². The van der Waals surface area contributed by atoms with Gasteiger partial charge in [0.2, 0.25) is 0 Å². The van der Waals surface area contributed by atoms with Gasteiger partial charge in [0.15, 0.2) is 5.60 Å². The number of ether oxygens (including phenoxy) is 2. The van der Waals surface area contributed by atoms with Crippen molar-refractivity contribution in [1.29, 1.82) is 0 Å². The van der Waals surface area contributed by atoms with Gasteiger partial charge in [0.1, 0.15) is 0 Å². The zero-order chi connectivity index (χ0) is 11.3. The van der Waals surface area contributed by atoms with E-state index in [4.69, 9.17) is 9.47 Å². The number of halogens is 1. The summed E-state index contributed by atoms with van der Waals surface area (Å²) in [7, 11) is 0. The molecule has 0 saturated carbocycles. The fourth-order valence-corrected chi connectivity index (χ4v) is 1.72. The van der Waals surface area contributed by atoms with Crippen molar-refractivity contribution in [3.8, 4) is 0 Å². The van der Waals surface area contributed by atoms with Gasteiger partial charge in [-0.05, 0) is 26.0 Å². The molecule has 1 unspecified atom stereocenters. The largest absolute Gasteiger partial charge is 0.464 e. The van der Waals surface area contributed by atoms with Crippen LogP contribution in [0, 0.1) is 0 Å². The molecule has 15 heavy (non-hydrogen) atoms. The molecule has 0 aromatic rings. The molecule has 0 bridgehead atoms. The molecule has 0 heterocycles. The Morgan fingerprint density at radius 1 is 1.53 bits per heavy atom. The summed E-state index contributed by atoms with van der Waals surface area (Å²) in [5.41, 5.74) is -0.929. The maximum Gasteiger partial charge on any atom is 0.342 e.